The highest BCUT2D eigenvalue weighted by molar-refractivity contribution is 5.15. The zero-order chi connectivity index (χ0) is 10.8. The van der Waals surface area contributed by atoms with Gasteiger partial charge in [-0.15, -0.1) is 0 Å². The van der Waals surface area contributed by atoms with Gasteiger partial charge in [-0.25, -0.2) is 4.98 Å². The van der Waals surface area contributed by atoms with Crippen molar-refractivity contribution in [2.45, 2.75) is 38.9 Å². The molecule has 1 aliphatic heterocycles. The van der Waals surface area contributed by atoms with E-state index in [0.717, 1.165) is 19.5 Å². The number of rotatable bonds is 3. The van der Waals surface area contributed by atoms with Gasteiger partial charge in [-0.2, -0.15) is 0 Å². The lowest BCUT2D eigenvalue weighted by Gasteiger charge is -2.29. The second-order valence-corrected chi connectivity index (χ2v) is 4.64. The Kier molecular flexibility index (Phi) is 3.07. The van der Waals surface area contributed by atoms with Crippen molar-refractivity contribution in [1.29, 1.82) is 0 Å². The number of aromatic nitrogens is 2. The van der Waals surface area contributed by atoms with E-state index < -0.39 is 0 Å². The largest absolute Gasteiger partial charge is 0.347 e. The maximum atomic E-state index is 4.35. The van der Waals surface area contributed by atoms with E-state index in [-0.39, 0.29) is 0 Å². The average molecular weight is 208 g/mol. The van der Waals surface area contributed by atoms with Crippen molar-refractivity contribution in [2.75, 3.05) is 13.6 Å². The minimum atomic E-state index is 0.535. The summed E-state index contributed by atoms with van der Waals surface area (Å²) >= 11 is 0. The first-order chi connectivity index (χ1) is 7.16. The molecule has 1 aromatic heterocycles. The summed E-state index contributed by atoms with van der Waals surface area (Å²) < 4.78 is 0. The summed E-state index contributed by atoms with van der Waals surface area (Å²) in [5.41, 5.74) is 2.48. The molecule has 1 atom stereocenters. The third kappa shape index (κ3) is 2.38. The third-order valence-electron chi connectivity index (χ3n) is 3.20. The molecule has 2 N–H and O–H groups in total. The molecule has 0 saturated carbocycles. The monoisotopic (exact) mass is 208 g/mol. The molecule has 1 unspecified atom stereocenters. The first-order valence-corrected chi connectivity index (χ1v) is 5.61. The molecule has 0 fully saturated rings. The summed E-state index contributed by atoms with van der Waals surface area (Å²) in [6, 6.07) is 1.14. The van der Waals surface area contributed by atoms with E-state index in [4.69, 9.17) is 0 Å². The predicted octanol–water partition coefficient (Wildman–Crippen LogP) is 0.764. The lowest BCUT2D eigenvalue weighted by Crippen LogP contribution is -2.45. The standard InChI is InChI=1S/C11H20N4/c1-8(2)15(3)6-9-4-10-11(5-12-9)14-7-13-10/h7-9,12H,4-6H2,1-3H3,(H,13,14). The summed E-state index contributed by atoms with van der Waals surface area (Å²) in [7, 11) is 2.17. The van der Waals surface area contributed by atoms with Crippen LogP contribution in [0.1, 0.15) is 25.2 Å². The van der Waals surface area contributed by atoms with Crippen molar-refractivity contribution in [3.63, 3.8) is 0 Å². The lowest BCUT2D eigenvalue weighted by atomic mass is 10.0. The van der Waals surface area contributed by atoms with Crippen molar-refractivity contribution < 1.29 is 0 Å². The van der Waals surface area contributed by atoms with Gasteiger partial charge >= 0.3 is 0 Å². The van der Waals surface area contributed by atoms with Gasteiger partial charge in [0.1, 0.15) is 0 Å². The second kappa shape index (κ2) is 4.33. The Morgan fingerprint density at radius 3 is 3.13 bits per heavy atom. The first kappa shape index (κ1) is 10.6. The Hall–Kier alpha value is -0.870. The SMILES string of the molecule is CC(C)N(C)CC1Cc2nc[nH]c2CN1. The third-order valence-corrected chi connectivity index (χ3v) is 3.20. The van der Waals surface area contributed by atoms with E-state index >= 15 is 0 Å². The van der Waals surface area contributed by atoms with Gasteiger partial charge < -0.3 is 15.2 Å². The molecule has 4 heteroatoms. The molecular formula is C11H20N4. The zero-order valence-electron chi connectivity index (χ0n) is 9.75. The molecule has 4 nitrogen and oxygen atoms in total. The van der Waals surface area contributed by atoms with Crippen LogP contribution < -0.4 is 5.32 Å². The number of aromatic amines is 1. The van der Waals surface area contributed by atoms with Crippen LogP contribution in [-0.2, 0) is 13.0 Å². The number of fused-ring (bicyclic) bond motifs is 1. The highest BCUT2D eigenvalue weighted by atomic mass is 15.2. The van der Waals surface area contributed by atoms with Crippen LogP contribution in [0.3, 0.4) is 0 Å². The fourth-order valence-electron chi connectivity index (χ4n) is 1.92. The Morgan fingerprint density at radius 1 is 1.60 bits per heavy atom. The van der Waals surface area contributed by atoms with Gasteiger partial charge in [0.15, 0.2) is 0 Å². The van der Waals surface area contributed by atoms with Crippen LogP contribution in [0.4, 0.5) is 0 Å². The number of nitrogens with zero attached hydrogens (tertiary/aromatic N) is 2. The summed E-state index contributed by atoms with van der Waals surface area (Å²) in [6.45, 7) is 6.46. The molecule has 1 aliphatic rings. The summed E-state index contributed by atoms with van der Waals surface area (Å²) in [5, 5.41) is 3.53. The maximum absolute atomic E-state index is 4.35. The van der Waals surface area contributed by atoms with Crippen molar-refractivity contribution in [3.05, 3.63) is 17.7 Å². The molecule has 0 bridgehead atoms. The molecule has 15 heavy (non-hydrogen) atoms. The first-order valence-electron chi connectivity index (χ1n) is 5.61. The molecule has 0 aromatic carbocycles. The molecule has 2 rings (SSSR count). The van der Waals surface area contributed by atoms with Gasteiger partial charge in [0, 0.05) is 31.6 Å². The fraction of sp³-hybridized carbons (Fsp3) is 0.727. The molecule has 1 aromatic rings. The van der Waals surface area contributed by atoms with Crippen molar-refractivity contribution in [1.82, 2.24) is 20.2 Å². The predicted molar refractivity (Wildman–Crippen MR) is 60.7 cm³/mol. The van der Waals surface area contributed by atoms with Gasteiger partial charge in [-0.3, -0.25) is 0 Å². The second-order valence-electron chi connectivity index (χ2n) is 4.64. The molecule has 84 valence electrons. The van der Waals surface area contributed by atoms with E-state index in [1.54, 1.807) is 6.33 Å². The molecule has 0 saturated heterocycles. The molecule has 0 amide bonds. The number of nitrogens with one attached hydrogen (secondary N) is 2. The normalized spacial score (nSPS) is 21.0. The highest BCUT2D eigenvalue weighted by Gasteiger charge is 2.21. The van der Waals surface area contributed by atoms with E-state index in [9.17, 15) is 0 Å². The minimum Gasteiger partial charge on any atom is -0.347 e. The van der Waals surface area contributed by atoms with Gasteiger partial charge in [0.2, 0.25) is 0 Å². The highest BCUT2D eigenvalue weighted by Crippen LogP contribution is 2.13. The number of likely N-dealkylation sites (N-methyl/N-ethyl adjacent to an activating group) is 1. The van der Waals surface area contributed by atoms with E-state index in [2.05, 4.69) is 41.1 Å². The topological polar surface area (TPSA) is 44.0 Å². The number of hydrogen-bond acceptors (Lipinski definition) is 3. The van der Waals surface area contributed by atoms with Crippen LogP contribution in [0.5, 0.6) is 0 Å². The molecule has 2 heterocycles. The number of imidazole rings is 1. The zero-order valence-corrected chi connectivity index (χ0v) is 9.75. The molecule has 0 radical (unpaired) electrons. The number of hydrogen-bond donors (Lipinski definition) is 2. The van der Waals surface area contributed by atoms with Gasteiger partial charge in [0.05, 0.1) is 17.7 Å². The average Bonchev–Trinajstić information content (AvgIpc) is 2.64. The molecular weight excluding hydrogens is 188 g/mol. The van der Waals surface area contributed by atoms with E-state index in [1.807, 2.05) is 0 Å². The Morgan fingerprint density at radius 2 is 2.40 bits per heavy atom. The summed E-state index contributed by atoms with van der Waals surface area (Å²) in [5.74, 6) is 0. The fourth-order valence-corrected chi connectivity index (χ4v) is 1.92. The summed E-state index contributed by atoms with van der Waals surface area (Å²) in [4.78, 5) is 9.88. The Bertz CT molecular complexity index is 318. The molecule has 0 aliphatic carbocycles. The van der Waals surface area contributed by atoms with Crippen LogP contribution in [0.25, 0.3) is 0 Å². The van der Waals surface area contributed by atoms with E-state index in [0.29, 0.717) is 12.1 Å². The van der Waals surface area contributed by atoms with Crippen LogP contribution in [0.15, 0.2) is 6.33 Å². The minimum absolute atomic E-state index is 0.535. The van der Waals surface area contributed by atoms with Gasteiger partial charge in [-0.05, 0) is 20.9 Å². The van der Waals surface area contributed by atoms with Gasteiger partial charge in [-0.1, -0.05) is 0 Å². The van der Waals surface area contributed by atoms with Crippen molar-refractivity contribution >= 4 is 0 Å². The summed E-state index contributed by atoms with van der Waals surface area (Å²) in [6.07, 6.45) is 2.83. The van der Waals surface area contributed by atoms with Crippen molar-refractivity contribution in [3.8, 4) is 0 Å². The maximum Gasteiger partial charge on any atom is 0.0925 e. The lowest BCUT2D eigenvalue weighted by molar-refractivity contribution is 0.235. The van der Waals surface area contributed by atoms with Crippen LogP contribution in [-0.4, -0.2) is 40.5 Å². The Labute approximate surface area is 91.1 Å². The number of H-pyrrole nitrogens is 1. The van der Waals surface area contributed by atoms with Crippen LogP contribution in [0, 0.1) is 0 Å². The Balaban J connectivity index is 1.93. The van der Waals surface area contributed by atoms with Crippen molar-refractivity contribution in [2.24, 2.45) is 0 Å². The smallest absolute Gasteiger partial charge is 0.0925 e. The quantitative estimate of drug-likeness (QED) is 0.771. The van der Waals surface area contributed by atoms with Crippen LogP contribution >= 0.6 is 0 Å². The van der Waals surface area contributed by atoms with Gasteiger partial charge in [0.25, 0.3) is 0 Å². The van der Waals surface area contributed by atoms with E-state index in [1.165, 1.54) is 11.4 Å². The molecule has 0 spiro atoms. The van der Waals surface area contributed by atoms with Crippen LogP contribution in [0.2, 0.25) is 0 Å².